The van der Waals surface area contributed by atoms with Crippen molar-refractivity contribution in [3.05, 3.63) is 22.8 Å². The first-order chi connectivity index (χ1) is 8.29. The Bertz CT molecular complexity index is 447. The molecule has 0 radical (unpaired) electrons. The maximum Gasteiger partial charge on any atom is 0.187 e. The predicted octanol–water partition coefficient (Wildman–Crippen LogP) is 1.99. The maximum atomic E-state index is 12.0. The summed E-state index contributed by atoms with van der Waals surface area (Å²) in [6.45, 7) is 7.68. The lowest BCUT2D eigenvalue weighted by Gasteiger charge is -2.44. The van der Waals surface area contributed by atoms with E-state index in [9.17, 15) is 15.0 Å². The van der Waals surface area contributed by atoms with Crippen LogP contribution in [0.4, 0.5) is 0 Å². The van der Waals surface area contributed by atoms with Crippen molar-refractivity contribution in [2.45, 2.75) is 52.7 Å². The summed E-state index contributed by atoms with van der Waals surface area (Å²) in [6.07, 6.45) is 1.93. The number of carbonyl (C=O) groups is 1. The van der Waals surface area contributed by atoms with Crippen LogP contribution in [0.5, 0.6) is 0 Å². The molecule has 0 saturated carbocycles. The topological polar surface area (TPSA) is 57.5 Å². The standard InChI is InChI=1S/C15H22O3/c1-8-5-6-15(4)10(3)14(18)13(17)9(2)12(15)11(16)7-8/h5,10-11,14,16,18H,6-7H2,1-4H3/t10-,11+,14+,15+/m0/s1. The van der Waals surface area contributed by atoms with E-state index in [2.05, 4.69) is 6.08 Å². The zero-order valence-electron chi connectivity index (χ0n) is 11.5. The van der Waals surface area contributed by atoms with Gasteiger partial charge in [0.05, 0.1) is 6.10 Å². The lowest BCUT2D eigenvalue weighted by Crippen LogP contribution is -2.47. The second-order valence-corrected chi connectivity index (χ2v) is 6.03. The summed E-state index contributed by atoms with van der Waals surface area (Å²) in [6, 6.07) is 0. The number of hydrogen-bond acceptors (Lipinski definition) is 3. The van der Waals surface area contributed by atoms with E-state index in [-0.39, 0.29) is 17.1 Å². The number of aliphatic hydroxyl groups excluding tert-OH is 2. The molecule has 0 amide bonds. The Morgan fingerprint density at radius 3 is 2.56 bits per heavy atom. The Morgan fingerprint density at radius 1 is 1.33 bits per heavy atom. The fourth-order valence-corrected chi connectivity index (χ4v) is 3.41. The second kappa shape index (κ2) is 4.32. The van der Waals surface area contributed by atoms with Crippen molar-refractivity contribution in [1.29, 1.82) is 0 Å². The molecule has 0 aromatic heterocycles. The van der Waals surface area contributed by atoms with Crippen molar-refractivity contribution in [2.75, 3.05) is 0 Å². The van der Waals surface area contributed by atoms with Gasteiger partial charge in [0.2, 0.25) is 0 Å². The number of allylic oxidation sites excluding steroid dienone is 1. The van der Waals surface area contributed by atoms with E-state index in [4.69, 9.17) is 0 Å². The van der Waals surface area contributed by atoms with Crippen molar-refractivity contribution < 1.29 is 15.0 Å². The highest BCUT2D eigenvalue weighted by Crippen LogP contribution is 2.50. The van der Waals surface area contributed by atoms with E-state index >= 15 is 0 Å². The fourth-order valence-electron chi connectivity index (χ4n) is 3.41. The quantitative estimate of drug-likeness (QED) is 0.646. The number of rotatable bonds is 0. The zero-order valence-corrected chi connectivity index (χ0v) is 11.5. The van der Waals surface area contributed by atoms with Gasteiger partial charge >= 0.3 is 0 Å². The lowest BCUT2D eigenvalue weighted by molar-refractivity contribution is -0.130. The Kier molecular flexibility index (Phi) is 3.24. The van der Waals surface area contributed by atoms with Gasteiger partial charge in [-0.15, -0.1) is 0 Å². The predicted molar refractivity (Wildman–Crippen MR) is 70.0 cm³/mol. The van der Waals surface area contributed by atoms with Gasteiger partial charge in [0.25, 0.3) is 0 Å². The third-order valence-electron chi connectivity index (χ3n) is 4.86. The molecule has 0 aromatic carbocycles. The first kappa shape index (κ1) is 13.5. The van der Waals surface area contributed by atoms with Crippen LogP contribution in [0.2, 0.25) is 0 Å². The summed E-state index contributed by atoms with van der Waals surface area (Å²) >= 11 is 0. The third kappa shape index (κ3) is 1.77. The molecule has 100 valence electrons. The minimum absolute atomic E-state index is 0.166. The van der Waals surface area contributed by atoms with Gasteiger partial charge in [-0.1, -0.05) is 25.5 Å². The van der Waals surface area contributed by atoms with E-state index in [1.165, 1.54) is 0 Å². The molecule has 2 aliphatic carbocycles. The third-order valence-corrected chi connectivity index (χ3v) is 4.86. The van der Waals surface area contributed by atoms with Crippen molar-refractivity contribution in [3.63, 3.8) is 0 Å². The Morgan fingerprint density at radius 2 is 1.94 bits per heavy atom. The molecular formula is C15H22O3. The van der Waals surface area contributed by atoms with Crippen molar-refractivity contribution in [1.82, 2.24) is 0 Å². The molecule has 2 aliphatic rings. The van der Waals surface area contributed by atoms with Gasteiger partial charge in [-0.05, 0) is 43.8 Å². The molecule has 0 aliphatic heterocycles. The number of Topliss-reactive ketones (excluding diaryl/α,β-unsaturated/α-hetero) is 1. The van der Waals surface area contributed by atoms with E-state index in [1.54, 1.807) is 6.92 Å². The van der Waals surface area contributed by atoms with Crippen LogP contribution in [0, 0.1) is 11.3 Å². The highest BCUT2D eigenvalue weighted by atomic mass is 16.3. The molecule has 0 bridgehead atoms. The highest BCUT2D eigenvalue weighted by molar-refractivity contribution is 6.00. The molecule has 0 aromatic rings. The molecular weight excluding hydrogens is 228 g/mol. The molecule has 0 spiro atoms. The second-order valence-electron chi connectivity index (χ2n) is 6.03. The number of hydrogen-bond donors (Lipinski definition) is 2. The van der Waals surface area contributed by atoms with Gasteiger partial charge < -0.3 is 10.2 Å². The normalized spacial score (nSPS) is 41.3. The van der Waals surface area contributed by atoms with E-state index in [0.29, 0.717) is 12.0 Å². The molecule has 4 atom stereocenters. The van der Waals surface area contributed by atoms with E-state index in [0.717, 1.165) is 17.6 Å². The minimum Gasteiger partial charge on any atom is -0.388 e. The Labute approximate surface area is 108 Å². The number of fused-ring (bicyclic) bond motifs is 1. The average molecular weight is 250 g/mol. The van der Waals surface area contributed by atoms with Crippen molar-refractivity contribution >= 4 is 5.78 Å². The van der Waals surface area contributed by atoms with Crippen LogP contribution in [0.15, 0.2) is 22.8 Å². The van der Waals surface area contributed by atoms with Crippen LogP contribution >= 0.6 is 0 Å². The lowest BCUT2D eigenvalue weighted by atomic mass is 9.61. The minimum atomic E-state index is -0.947. The molecule has 0 unspecified atom stereocenters. The molecule has 0 fully saturated rings. The summed E-state index contributed by atoms with van der Waals surface area (Å²) in [5.41, 5.74) is 2.21. The van der Waals surface area contributed by atoms with Crippen molar-refractivity contribution in [3.8, 4) is 0 Å². The summed E-state index contributed by atoms with van der Waals surface area (Å²) in [5, 5.41) is 20.5. The van der Waals surface area contributed by atoms with Gasteiger partial charge in [0.1, 0.15) is 6.10 Å². The van der Waals surface area contributed by atoms with Crippen LogP contribution in [0.1, 0.15) is 40.5 Å². The first-order valence-electron chi connectivity index (χ1n) is 6.56. The molecule has 0 heterocycles. The number of ketones is 1. The molecule has 2 N–H and O–H groups in total. The van der Waals surface area contributed by atoms with Crippen molar-refractivity contribution in [2.24, 2.45) is 11.3 Å². The molecule has 0 saturated heterocycles. The van der Waals surface area contributed by atoms with Crippen LogP contribution < -0.4 is 0 Å². The average Bonchev–Trinajstić information content (AvgIpc) is 2.42. The van der Waals surface area contributed by atoms with Crippen LogP contribution in [-0.4, -0.2) is 28.2 Å². The fraction of sp³-hybridized carbons (Fsp3) is 0.667. The molecule has 2 rings (SSSR count). The molecule has 18 heavy (non-hydrogen) atoms. The van der Waals surface area contributed by atoms with Gasteiger partial charge in [0, 0.05) is 5.41 Å². The Balaban J connectivity index is 2.61. The van der Waals surface area contributed by atoms with Crippen LogP contribution in [0.3, 0.4) is 0 Å². The number of carbonyl (C=O) groups excluding carboxylic acids is 1. The van der Waals surface area contributed by atoms with Crippen LogP contribution in [0.25, 0.3) is 0 Å². The summed E-state index contributed by atoms with van der Waals surface area (Å²) < 4.78 is 0. The van der Waals surface area contributed by atoms with E-state index < -0.39 is 12.2 Å². The first-order valence-corrected chi connectivity index (χ1v) is 6.56. The summed E-state index contributed by atoms with van der Waals surface area (Å²) in [7, 11) is 0. The van der Waals surface area contributed by atoms with E-state index in [1.807, 2.05) is 20.8 Å². The largest absolute Gasteiger partial charge is 0.388 e. The summed E-state index contributed by atoms with van der Waals surface area (Å²) in [4.78, 5) is 12.0. The Hall–Kier alpha value is -0.930. The van der Waals surface area contributed by atoms with Gasteiger partial charge in [-0.3, -0.25) is 4.79 Å². The smallest absolute Gasteiger partial charge is 0.187 e. The van der Waals surface area contributed by atoms with Gasteiger partial charge in [-0.25, -0.2) is 0 Å². The van der Waals surface area contributed by atoms with Gasteiger partial charge in [-0.2, -0.15) is 0 Å². The zero-order chi connectivity index (χ0) is 13.7. The van der Waals surface area contributed by atoms with Gasteiger partial charge in [0.15, 0.2) is 5.78 Å². The summed E-state index contributed by atoms with van der Waals surface area (Å²) in [5.74, 6) is -0.394. The number of aliphatic hydroxyl groups is 2. The molecule has 3 nitrogen and oxygen atoms in total. The monoisotopic (exact) mass is 250 g/mol. The molecule has 3 heteroatoms. The van der Waals surface area contributed by atoms with Crippen LogP contribution in [-0.2, 0) is 4.79 Å². The SMILES string of the molecule is CC1=CC[C@@]2(C)C(=C(C)C(=O)[C@H](O)[C@@H]2C)[C@H](O)C1. The maximum absolute atomic E-state index is 12.0. The highest BCUT2D eigenvalue weighted by Gasteiger charge is 2.49.